The average molecular weight is 244 g/mol. The van der Waals surface area contributed by atoms with Crippen LogP contribution in [0.2, 0.25) is 0 Å². The molecule has 2 rings (SSSR count). The highest BCUT2D eigenvalue weighted by Crippen LogP contribution is 2.07. The molecule has 3 N–H and O–H groups in total. The van der Waals surface area contributed by atoms with Crippen LogP contribution in [0.15, 0.2) is 42.7 Å². The Balaban J connectivity index is 2.02. The van der Waals surface area contributed by atoms with Crippen LogP contribution in [0.25, 0.3) is 0 Å². The van der Waals surface area contributed by atoms with Crippen molar-refractivity contribution in [2.45, 2.75) is 6.54 Å². The molecule has 0 bridgehead atoms. The Morgan fingerprint density at radius 2 is 2.00 bits per heavy atom. The van der Waals surface area contributed by atoms with Gasteiger partial charge in [-0.1, -0.05) is 30.3 Å². The van der Waals surface area contributed by atoms with Crippen molar-refractivity contribution < 1.29 is 9.59 Å². The minimum absolute atomic E-state index is 0.440. The van der Waals surface area contributed by atoms with Crippen LogP contribution in [-0.4, -0.2) is 21.6 Å². The fourth-order valence-corrected chi connectivity index (χ4v) is 1.48. The van der Waals surface area contributed by atoms with Crippen LogP contribution in [0.5, 0.6) is 0 Å². The number of hydrogen-bond acceptors (Lipinski definition) is 3. The maximum Gasteiger partial charge on any atom is 0.313 e. The Labute approximate surface area is 103 Å². The number of nitrogens with two attached hydrogens (primary N) is 1. The number of carbonyl (C=O) groups excluding carboxylic acids is 2. The molecule has 0 saturated heterocycles. The van der Waals surface area contributed by atoms with Gasteiger partial charge in [0.1, 0.15) is 0 Å². The number of primary amides is 1. The minimum Gasteiger partial charge on any atom is -0.361 e. The number of carbonyl (C=O) groups is 2. The molecule has 0 spiro atoms. The molecule has 92 valence electrons. The summed E-state index contributed by atoms with van der Waals surface area (Å²) in [6.07, 6.45) is 3.09. The molecule has 1 heterocycles. The van der Waals surface area contributed by atoms with Crippen molar-refractivity contribution >= 4 is 17.5 Å². The summed E-state index contributed by atoms with van der Waals surface area (Å²) in [5.74, 6) is -1.87. The minimum atomic E-state index is -1.02. The van der Waals surface area contributed by atoms with Crippen molar-refractivity contribution in [1.82, 2.24) is 9.78 Å². The van der Waals surface area contributed by atoms with Crippen molar-refractivity contribution in [3.8, 4) is 0 Å². The average Bonchev–Trinajstić information content (AvgIpc) is 2.77. The molecule has 0 fully saturated rings. The number of hydrogen-bond donors (Lipinski definition) is 2. The van der Waals surface area contributed by atoms with Crippen LogP contribution in [0.3, 0.4) is 0 Å². The second-order valence-electron chi connectivity index (χ2n) is 3.73. The summed E-state index contributed by atoms with van der Waals surface area (Å²) in [6.45, 7) is 0.591. The SMILES string of the molecule is NC(=O)C(=O)Nc1cnn(Cc2ccccc2)c1. The van der Waals surface area contributed by atoms with Gasteiger partial charge in [0.2, 0.25) is 0 Å². The molecule has 0 aliphatic rings. The number of rotatable bonds is 3. The van der Waals surface area contributed by atoms with E-state index >= 15 is 0 Å². The van der Waals surface area contributed by atoms with Crippen molar-refractivity contribution in [2.24, 2.45) is 5.73 Å². The number of anilines is 1. The van der Waals surface area contributed by atoms with E-state index in [1.807, 2.05) is 30.3 Å². The van der Waals surface area contributed by atoms with Gasteiger partial charge in [0.25, 0.3) is 0 Å². The molecular weight excluding hydrogens is 232 g/mol. The van der Waals surface area contributed by atoms with Gasteiger partial charge in [-0.2, -0.15) is 5.10 Å². The Morgan fingerprint density at radius 3 is 2.67 bits per heavy atom. The molecule has 2 aromatic rings. The van der Waals surface area contributed by atoms with E-state index in [0.29, 0.717) is 12.2 Å². The van der Waals surface area contributed by atoms with E-state index in [1.54, 1.807) is 10.9 Å². The Bertz CT molecular complexity index is 562. The molecule has 18 heavy (non-hydrogen) atoms. The summed E-state index contributed by atoms with van der Waals surface area (Å²) in [6, 6.07) is 9.76. The van der Waals surface area contributed by atoms with Gasteiger partial charge in [0.15, 0.2) is 0 Å². The third-order valence-electron chi connectivity index (χ3n) is 2.30. The van der Waals surface area contributed by atoms with E-state index in [2.05, 4.69) is 10.4 Å². The molecule has 0 radical (unpaired) electrons. The first-order chi connectivity index (χ1) is 8.65. The van der Waals surface area contributed by atoms with E-state index in [-0.39, 0.29) is 0 Å². The van der Waals surface area contributed by atoms with E-state index in [0.717, 1.165) is 5.56 Å². The highest BCUT2D eigenvalue weighted by molar-refractivity contribution is 6.39. The topological polar surface area (TPSA) is 90.0 Å². The summed E-state index contributed by atoms with van der Waals surface area (Å²) >= 11 is 0. The lowest BCUT2D eigenvalue weighted by Crippen LogP contribution is -2.29. The lowest BCUT2D eigenvalue weighted by atomic mass is 10.2. The maximum absolute atomic E-state index is 11.1. The fourth-order valence-electron chi connectivity index (χ4n) is 1.48. The van der Waals surface area contributed by atoms with Gasteiger partial charge in [0.05, 0.1) is 18.4 Å². The zero-order chi connectivity index (χ0) is 13.0. The summed E-state index contributed by atoms with van der Waals surface area (Å²) in [4.78, 5) is 21.6. The van der Waals surface area contributed by atoms with Gasteiger partial charge >= 0.3 is 11.8 Å². The lowest BCUT2D eigenvalue weighted by Gasteiger charge is -2.01. The van der Waals surface area contributed by atoms with E-state index in [4.69, 9.17) is 5.73 Å². The molecule has 6 nitrogen and oxygen atoms in total. The van der Waals surface area contributed by atoms with Crippen LogP contribution in [-0.2, 0) is 16.1 Å². The van der Waals surface area contributed by atoms with Crippen LogP contribution in [0.4, 0.5) is 5.69 Å². The van der Waals surface area contributed by atoms with Crippen LogP contribution >= 0.6 is 0 Å². The third-order valence-corrected chi connectivity index (χ3v) is 2.30. The molecule has 2 amide bonds. The highest BCUT2D eigenvalue weighted by Gasteiger charge is 2.09. The zero-order valence-corrected chi connectivity index (χ0v) is 9.54. The Morgan fingerprint density at radius 1 is 1.28 bits per heavy atom. The van der Waals surface area contributed by atoms with Gasteiger partial charge in [0, 0.05) is 6.20 Å². The summed E-state index contributed by atoms with van der Waals surface area (Å²) in [5.41, 5.74) is 6.37. The first-order valence-electron chi connectivity index (χ1n) is 5.32. The van der Waals surface area contributed by atoms with E-state index < -0.39 is 11.8 Å². The van der Waals surface area contributed by atoms with Crippen molar-refractivity contribution in [3.05, 3.63) is 48.3 Å². The quantitative estimate of drug-likeness (QED) is 0.763. The first-order valence-corrected chi connectivity index (χ1v) is 5.32. The Hall–Kier alpha value is -2.63. The molecule has 1 aromatic heterocycles. The predicted molar refractivity (Wildman–Crippen MR) is 65.6 cm³/mol. The van der Waals surface area contributed by atoms with E-state index in [1.165, 1.54) is 6.20 Å². The molecule has 0 saturated carbocycles. The number of amides is 2. The monoisotopic (exact) mass is 244 g/mol. The second-order valence-corrected chi connectivity index (χ2v) is 3.73. The Kier molecular flexibility index (Phi) is 3.38. The second kappa shape index (κ2) is 5.13. The normalized spacial score (nSPS) is 10.0. The molecule has 0 atom stereocenters. The van der Waals surface area contributed by atoms with Crippen molar-refractivity contribution in [3.63, 3.8) is 0 Å². The number of nitrogens with one attached hydrogen (secondary N) is 1. The van der Waals surface area contributed by atoms with Gasteiger partial charge in [-0.25, -0.2) is 0 Å². The standard InChI is InChI=1S/C12H12N4O2/c13-11(17)12(18)15-10-6-14-16(8-10)7-9-4-2-1-3-5-9/h1-6,8H,7H2,(H2,13,17)(H,15,18). The van der Waals surface area contributed by atoms with Crippen LogP contribution in [0.1, 0.15) is 5.56 Å². The molecule has 1 aromatic carbocycles. The molecule has 0 aliphatic carbocycles. The van der Waals surface area contributed by atoms with Gasteiger partial charge in [-0.3, -0.25) is 14.3 Å². The molecule has 0 unspecified atom stereocenters. The van der Waals surface area contributed by atoms with Gasteiger partial charge in [-0.15, -0.1) is 0 Å². The summed E-state index contributed by atoms with van der Waals surface area (Å²) < 4.78 is 1.66. The van der Waals surface area contributed by atoms with Gasteiger partial charge < -0.3 is 11.1 Å². The third kappa shape index (κ3) is 2.94. The maximum atomic E-state index is 11.1. The van der Waals surface area contributed by atoms with E-state index in [9.17, 15) is 9.59 Å². The van der Waals surface area contributed by atoms with Crippen molar-refractivity contribution in [2.75, 3.05) is 5.32 Å². The lowest BCUT2D eigenvalue weighted by molar-refractivity contribution is -0.134. The van der Waals surface area contributed by atoms with Crippen molar-refractivity contribution in [1.29, 1.82) is 0 Å². The smallest absolute Gasteiger partial charge is 0.313 e. The zero-order valence-electron chi connectivity index (χ0n) is 9.54. The summed E-state index contributed by atoms with van der Waals surface area (Å²) in [5, 5.41) is 6.42. The molecular formula is C12H12N4O2. The van der Waals surface area contributed by atoms with Crippen LogP contribution < -0.4 is 11.1 Å². The van der Waals surface area contributed by atoms with Crippen LogP contribution in [0, 0.1) is 0 Å². The number of nitrogens with zero attached hydrogens (tertiary/aromatic N) is 2. The number of benzene rings is 1. The number of aromatic nitrogens is 2. The predicted octanol–water partition coefficient (Wildman–Crippen LogP) is 0.355. The van der Waals surface area contributed by atoms with Gasteiger partial charge in [-0.05, 0) is 5.56 Å². The largest absolute Gasteiger partial charge is 0.361 e. The fraction of sp³-hybridized carbons (Fsp3) is 0.0833. The molecule has 0 aliphatic heterocycles. The highest BCUT2D eigenvalue weighted by atomic mass is 16.2. The first kappa shape index (κ1) is 11.8. The summed E-state index contributed by atoms with van der Waals surface area (Å²) in [7, 11) is 0. The molecule has 6 heteroatoms.